The number of carbonyl (C=O) groups is 1. The predicted molar refractivity (Wildman–Crippen MR) is 121 cm³/mol. The minimum atomic E-state index is -0.0625. The average Bonchev–Trinajstić information content (AvgIpc) is 3.11. The van der Waals surface area contributed by atoms with E-state index >= 15 is 0 Å². The highest BCUT2D eigenvalue weighted by Crippen LogP contribution is 2.23. The number of anilines is 1. The van der Waals surface area contributed by atoms with Crippen LogP contribution in [-0.4, -0.2) is 26.4 Å². The van der Waals surface area contributed by atoms with E-state index in [2.05, 4.69) is 21.6 Å². The van der Waals surface area contributed by atoms with Gasteiger partial charge in [-0.15, -0.1) is 10.2 Å². The smallest absolute Gasteiger partial charge is 0.234 e. The molecule has 158 valence electrons. The van der Waals surface area contributed by atoms with Crippen LogP contribution in [0.1, 0.15) is 35.0 Å². The molecule has 1 heterocycles. The summed E-state index contributed by atoms with van der Waals surface area (Å²) >= 11 is 1.38. The maximum absolute atomic E-state index is 12.4. The Morgan fingerprint density at radius 3 is 2.47 bits per heavy atom. The zero-order valence-corrected chi connectivity index (χ0v) is 19.0. The molecule has 3 rings (SSSR count). The van der Waals surface area contributed by atoms with Crippen LogP contribution >= 0.6 is 11.8 Å². The van der Waals surface area contributed by atoms with Crippen molar-refractivity contribution in [3.63, 3.8) is 0 Å². The Bertz CT molecular complexity index is 1050. The lowest BCUT2D eigenvalue weighted by atomic mass is 10.1. The number of nitrogens with one attached hydrogen (secondary N) is 1. The van der Waals surface area contributed by atoms with E-state index in [1.165, 1.54) is 11.8 Å². The Kier molecular flexibility index (Phi) is 7.15. The summed E-state index contributed by atoms with van der Waals surface area (Å²) in [6.45, 7) is 11.1. The molecule has 2 aromatic carbocycles. The van der Waals surface area contributed by atoms with E-state index in [9.17, 15) is 4.79 Å². The molecular weight excluding hydrogens is 396 g/mol. The molecule has 0 aliphatic heterocycles. The molecule has 0 saturated heterocycles. The van der Waals surface area contributed by atoms with Gasteiger partial charge in [-0.25, -0.2) is 0 Å². The molecule has 0 spiro atoms. The number of benzene rings is 2. The lowest BCUT2D eigenvalue weighted by Crippen LogP contribution is -2.15. The quantitative estimate of drug-likeness (QED) is 0.524. The fourth-order valence-corrected chi connectivity index (χ4v) is 3.86. The molecule has 3 aromatic rings. The Hall–Kier alpha value is -2.80. The fourth-order valence-electron chi connectivity index (χ4n) is 3.04. The third-order valence-corrected chi connectivity index (χ3v) is 5.78. The Morgan fingerprint density at radius 1 is 1.03 bits per heavy atom. The molecule has 1 amide bonds. The van der Waals surface area contributed by atoms with E-state index in [0.29, 0.717) is 18.3 Å². The summed E-state index contributed by atoms with van der Waals surface area (Å²) in [4.78, 5) is 12.4. The highest BCUT2D eigenvalue weighted by atomic mass is 32.2. The lowest BCUT2D eigenvalue weighted by Gasteiger charge is -2.11. The molecule has 1 aromatic heterocycles. The van der Waals surface area contributed by atoms with Crippen molar-refractivity contribution in [3.05, 3.63) is 64.5 Å². The number of hydrogen-bond acceptors (Lipinski definition) is 5. The van der Waals surface area contributed by atoms with Crippen molar-refractivity contribution in [2.45, 2.75) is 52.9 Å². The average molecular weight is 425 g/mol. The normalized spacial score (nSPS) is 10.8. The summed E-state index contributed by atoms with van der Waals surface area (Å²) in [6, 6.07) is 12.2. The number of aromatic nitrogens is 3. The van der Waals surface area contributed by atoms with Gasteiger partial charge in [0.15, 0.2) is 11.0 Å². The summed E-state index contributed by atoms with van der Waals surface area (Å²) in [7, 11) is 0. The van der Waals surface area contributed by atoms with Gasteiger partial charge >= 0.3 is 0 Å². The van der Waals surface area contributed by atoms with Crippen molar-refractivity contribution in [2.24, 2.45) is 0 Å². The van der Waals surface area contributed by atoms with Crippen LogP contribution in [0, 0.1) is 27.7 Å². The summed E-state index contributed by atoms with van der Waals surface area (Å²) in [6.07, 6.45) is 0. The van der Waals surface area contributed by atoms with Gasteiger partial charge in [-0.05, 0) is 69.0 Å². The van der Waals surface area contributed by atoms with Gasteiger partial charge in [0, 0.05) is 12.2 Å². The summed E-state index contributed by atoms with van der Waals surface area (Å²) in [5, 5.41) is 12.2. The van der Waals surface area contributed by atoms with Crippen molar-refractivity contribution in [1.29, 1.82) is 0 Å². The summed E-state index contributed by atoms with van der Waals surface area (Å²) < 4.78 is 7.96. The van der Waals surface area contributed by atoms with Crippen LogP contribution in [0.2, 0.25) is 0 Å². The van der Waals surface area contributed by atoms with Crippen LogP contribution in [0.5, 0.6) is 5.75 Å². The highest BCUT2D eigenvalue weighted by Gasteiger charge is 2.14. The van der Waals surface area contributed by atoms with Gasteiger partial charge in [0.1, 0.15) is 12.4 Å². The van der Waals surface area contributed by atoms with Gasteiger partial charge in [0.05, 0.1) is 5.75 Å². The van der Waals surface area contributed by atoms with Crippen LogP contribution in [0.3, 0.4) is 0 Å². The second-order valence-corrected chi connectivity index (χ2v) is 8.30. The van der Waals surface area contributed by atoms with Crippen molar-refractivity contribution in [3.8, 4) is 5.75 Å². The van der Waals surface area contributed by atoms with Gasteiger partial charge in [0.25, 0.3) is 0 Å². The van der Waals surface area contributed by atoms with E-state index in [1.807, 2.05) is 69.5 Å². The molecule has 1 N–H and O–H groups in total. The van der Waals surface area contributed by atoms with Crippen LogP contribution in [0.15, 0.2) is 41.6 Å². The number of aryl methyl sites for hydroxylation is 4. The first kappa shape index (κ1) is 21.9. The Labute approximate surface area is 182 Å². The number of carbonyl (C=O) groups excluding carboxylic acids is 1. The highest BCUT2D eigenvalue weighted by molar-refractivity contribution is 7.99. The van der Waals surface area contributed by atoms with Crippen LogP contribution in [-0.2, 0) is 17.9 Å². The first-order chi connectivity index (χ1) is 14.4. The van der Waals surface area contributed by atoms with Gasteiger partial charge in [-0.2, -0.15) is 0 Å². The maximum atomic E-state index is 12.4. The number of hydrogen-bond donors (Lipinski definition) is 1. The van der Waals surface area contributed by atoms with Crippen molar-refractivity contribution in [2.75, 3.05) is 11.1 Å². The van der Waals surface area contributed by atoms with Crippen LogP contribution in [0.4, 0.5) is 5.69 Å². The molecule has 7 heteroatoms. The molecule has 0 radical (unpaired) electrons. The molecule has 0 saturated carbocycles. The molecule has 0 bridgehead atoms. The third kappa shape index (κ3) is 5.42. The third-order valence-electron chi connectivity index (χ3n) is 4.81. The van der Waals surface area contributed by atoms with Gasteiger partial charge in [0.2, 0.25) is 5.91 Å². The Balaban J connectivity index is 1.61. The molecule has 0 aliphatic rings. The summed E-state index contributed by atoms with van der Waals surface area (Å²) in [5.41, 5.74) is 5.24. The number of ether oxygens (including phenoxy) is 1. The van der Waals surface area contributed by atoms with E-state index in [4.69, 9.17) is 4.74 Å². The maximum Gasteiger partial charge on any atom is 0.234 e. The molecule has 0 unspecified atom stereocenters. The van der Waals surface area contributed by atoms with E-state index < -0.39 is 0 Å². The van der Waals surface area contributed by atoms with Crippen LogP contribution < -0.4 is 10.1 Å². The molecule has 0 atom stereocenters. The number of nitrogens with zero attached hydrogens (tertiary/aromatic N) is 3. The molecule has 30 heavy (non-hydrogen) atoms. The monoisotopic (exact) mass is 424 g/mol. The number of thioether (sulfide) groups is 1. The zero-order valence-electron chi connectivity index (χ0n) is 18.2. The minimum absolute atomic E-state index is 0.0625. The number of amides is 1. The minimum Gasteiger partial charge on any atom is -0.485 e. The van der Waals surface area contributed by atoms with E-state index in [1.54, 1.807) is 0 Å². The van der Waals surface area contributed by atoms with Crippen molar-refractivity contribution in [1.82, 2.24) is 14.8 Å². The Morgan fingerprint density at radius 2 is 1.73 bits per heavy atom. The zero-order chi connectivity index (χ0) is 21.7. The van der Waals surface area contributed by atoms with Crippen LogP contribution in [0.25, 0.3) is 0 Å². The van der Waals surface area contributed by atoms with Gasteiger partial charge < -0.3 is 14.6 Å². The van der Waals surface area contributed by atoms with E-state index in [0.717, 1.165) is 39.5 Å². The molecule has 6 nitrogen and oxygen atoms in total. The summed E-state index contributed by atoms with van der Waals surface area (Å²) in [5.74, 6) is 1.80. The first-order valence-electron chi connectivity index (χ1n) is 9.99. The topological polar surface area (TPSA) is 69.0 Å². The van der Waals surface area contributed by atoms with Gasteiger partial charge in [-0.1, -0.05) is 36.0 Å². The van der Waals surface area contributed by atoms with E-state index in [-0.39, 0.29) is 11.7 Å². The number of rotatable bonds is 8. The van der Waals surface area contributed by atoms with Crippen molar-refractivity contribution >= 4 is 23.4 Å². The molecular formula is C23H28N4O2S. The molecule has 0 aliphatic carbocycles. The predicted octanol–water partition coefficient (Wildman–Crippen LogP) is 4.84. The second-order valence-electron chi connectivity index (χ2n) is 7.36. The van der Waals surface area contributed by atoms with Crippen molar-refractivity contribution < 1.29 is 9.53 Å². The standard InChI is InChI=1S/C23H28N4O2S/c1-6-27-21(13-29-20-12-16(3)8-10-18(20)5)25-26-23(27)30-14-22(28)24-19-11-15(2)7-9-17(19)4/h7-12H,6,13-14H2,1-5H3,(H,24,28). The molecule has 0 fully saturated rings. The fraction of sp³-hybridized carbons (Fsp3) is 0.348. The first-order valence-corrected chi connectivity index (χ1v) is 11.0. The SMILES string of the molecule is CCn1c(COc2cc(C)ccc2C)nnc1SCC(=O)Nc1cc(C)ccc1C. The second kappa shape index (κ2) is 9.80. The van der Waals surface area contributed by atoms with Gasteiger partial charge in [-0.3, -0.25) is 4.79 Å². The lowest BCUT2D eigenvalue weighted by molar-refractivity contribution is -0.113. The largest absolute Gasteiger partial charge is 0.485 e.